The van der Waals surface area contributed by atoms with Crippen molar-refractivity contribution in [3.8, 4) is 11.5 Å². The van der Waals surface area contributed by atoms with Crippen molar-refractivity contribution >= 4 is 461 Å². The molecule has 0 atom stereocenters. The van der Waals surface area contributed by atoms with E-state index in [1.807, 2.05) is 258 Å². The van der Waals surface area contributed by atoms with Gasteiger partial charge in [-0.2, -0.15) is 0 Å². The van der Waals surface area contributed by atoms with Crippen LogP contribution < -0.4 is 4.74 Å². The maximum atomic E-state index is 11.5. The summed E-state index contributed by atoms with van der Waals surface area (Å²) >= 11 is 21.3. The summed E-state index contributed by atoms with van der Waals surface area (Å²) in [6.45, 7) is 0. The normalized spacial score (nSPS) is 8.63. The van der Waals surface area contributed by atoms with E-state index < -0.39 is 11.9 Å². The Morgan fingerprint density at radius 2 is 0.628 bits per heavy atom. The third-order valence-electron chi connectivity index (χ3n) is 5.60. The number of carbonyl (C=O) groups excluding carboxylic acids is 2. The molecule has 0 saturated heterocycles. The smallest absolute Gasteiger partial charge is 0.358 e. The molecule has 2 heterocycles. The van der Waals surface area contributed by atoms with Gasteiger partial charge < -0.3 is 29.3 Å². The van der Waals surface area contributed by atoms with Crippen molar-refractivity contribution in [2.24, 2.45) is 0 Å². The molecular weight excluding hydrogens is 1910 g/mol. The number of aromatic nitrogens is 2. The van der Waals surface area contributed by atoms with E-state index in [1.165, 1.54) is 39.1 Å². The molecule has 2 aromatic heterocycles. The number of aromatic amines is 2. The van der Waals surface area contributed by atoms with Crippen molar-refractivity contribution in [2.75, 3.05) is 21.3 Å². The number of rotatable bonds is 3. The minimum absolute atomic E-state index is 0. The zero-order valence-electron chi connectivity index (χ0n) is 35.1. The van der Waals surface area contributed by atoms with Gasteiger partial charge in [-0.25, -0.2) is 9.59 Å². The van der Waals surface area contributed by atoms with Crippen LogP contribution in [0.5, 0.6) is 11.5 Å². The highest BCUT2D eigenvalue weighted by Crippen LogP contribution is 2.33. The SMILES string of the molecule is C.C.COC(=O)c1[nH]c2ccc(Cl)cc2c1O.COC(=O)c1[nH]c2ccc(Cl)cc2c1OC.S=S=S=S=S=S=S=S=S=S=S=S=S=S=S=S=S=S=S=S=S=S=S=S=S=S=S=S=S=S=S=S=S=S=S=S=S=S=S=S=S=S=S=S=S. The maximum absolute atomic E-state index is 11.5. The van der Waals surface area contributed by atoms with E-state index in [1.54, 1.807) is 143 Å². The molecule has 55 heteroatoms. The summed E-state index contributed by atoms with van der Waals surface area (Å²) in [6, 6.07) is 10.2. The number of esters is 2. The van der Waals surface area contributed by atoms with Crippen LogP contribution in [0.2, 0.25) is 10.0 Å². The fraction of sp³-hybridized carbons (Fsp3) is 0.217. The number of aromatic hydroxyl groups is 1. The molecule has 3 N–H and O–H groups in total. The highest BCUT2D eigenvalue weighted by atomic mass is 35.5. The van der Waals surface area contributed by atoms with E-state index in [4.69, 9.17) is 50.3 Å². The Kier molecular flexibility index (Phi) is 66.2. The topological polar surface area (TPSA) is 114 Å². The lowest BCUT2D eigenvalue weighted by molar-refractivity contribution is 0.0582. The van der Waals surface area contributed by atoms with Gasteiger partial charge in [-0.1, -0.05) is 38.1 Å². The minimum Gasteiger partial charge on any atom is -0.505 e. The van der Waals surface area contributed by atoms with E-state index in [0.29, 0.717) is 32.4 Å². The second-order valence-electron chi connectivity index (χ2n) is 9.17. The number of H-pyrrole nitrogens is 2. The number of benzene rings is 2. The van der Waals surface area contributed by atoms with Crippen molar-refractivity contribution < 1.29 is 28.9 Å². The van der Waals surface area contributed by atoms with Gasteiger partial charge in [0.1, 0.15) is 0 Å². The standard InChI is InChI=1S/C11H10ClNO3.C10H8ClNO3.2CH4.S45/c1-15-10-7-5-6(12)3-4-8(7)13-9(10)11(14)16-2;1-15-10(14)8-9(13)6-4-5(11)2-3-7(6)12-8;;;1-3-5-7-9-11-13-15-17-19-21-23-25-27-29-31-33-35-37-39-41-43-45-44-42-40-38-36-34-32-30-28-26-24-22-20-18-16-14-12-10-8-6-4-2/h3-5,13H,1-2H3;2-4,12-13H,1H3;2*1H4;. The Bertz CT molecular complexity index is 4720. The molecular formula is C23H26Cl2N2O6S45. The second kappa shape index (κ2) is 61.1. The largest absolute Gasteiger partial charge is 0.505 e. The summed E-state index contributed by atoms with van der Waals surface area (Å²) in [5.41, 5.74) is 1.75. The lowest BCUT2D eigenvalue weighted by Crippen LogP contribution is -2.03. The zero-order chi connectivity index (χ0) is 55.1. The summed E-state index contributed by atoms with van der Waals surface area (Å²) in [5.74, 6) is -0.771. The van der Waals surface area contributed by atoms with Crippen LogP contribution in [-0.2, 0) is 414 Å². The highest BCUT2D eigenvalue weighted by molar-refractivity contribution is 8.81. The van der Waals surface area contributed by atoms with Crippen LogP contribution in [-0.4, -0.2) is 48.3 Å². The van der Waals surface area contributed by atoms with Crippen molar-refractivity contribution in [1.29, 1.82) is 0 Å². The lowest BCUT2D eigenvalue weighted by atomic mass is 10.2. The fourth-order valence-corrected chi connectivity index (χ4v) is 116. The summed E-state index contributed by atoms with van der Waals surface area (Å²) in [6.07, 6.45) is 0. The number of ether oxygens (including phenoxy) is 3. The van der Waals surface area contributed by atoms with Crippen LogP contribution in [0.25, 0.3) is 21.8 Å². The average molecular weight is 1940 g/mol. The number of halogens is 2. The van der Waals surface area contributed by atoms with Crippen LogP contribution in [0.15, 0.2) is 36.4 Å². The molecule has 0 radical (unpaired) electrons. The molecule has 0 saturated carbocycles. The summed E-state index contributed by atoms with van der Waals surface area (Å²) in [5, 5.41) is 12.1. The van der Waals surface area contributed by atoms with Crippen LogP contribution >= 0.6 is 23.2 Å². The van der Waals surface area contributed by atoms with Gasteiger partial charge in [0.2, 0.25) is 0 Å². The van der Waals surface area contributed by atoms with Crippen molar-refractivity contribution in [3.05, 3.63) is 57.8 Å². The molecule has 4 aromatic rings. The summed E-state index contributed by atoms with van der Waals surface area (Å²) in [7, 11) is 80.6. The Hall–Kier alpha value is 6.54. The molecule has 448 valence electrons. The fourth-order valence-electron chi connectivity index (χ4n) is 3.46. The quantitative estimate of drug-likeness (QED) is 0.212. The molecule has 0 amide bonds. The van der Waals surface area contributed by atoms with Gasteiger partial charge in [-0.05, 0) is 36.4 Å². The molecule has 0 unspecified atom stereocenters. The first kappa shape index (κ1) is 84.5. The molecule has 0 bridgehead atoms. The third kappa shape index (κ3) is 43.3. The zero-order valence-corrected chi connectivity index (χ0v) is 73.3. The van der Waals surface area contributed by atoms with Gasteiger partial charge in [-0.3, -0.25) is 0 Å². The number of nitrogens with one attached hydrogen (secondary N) is 2. The number of hydrogen-bond acceptors (Lipinski definition) is 8. The van der Waals surface area contributed by atoms with E-state index in [0.717, 1.165) is 10.9 Å². The predicted molar refractivity (Wildman–Crippen MR) is 462 cm³/mol. The van der Waals surface area contributed by atoms with Gasteiger partial charge in [0.15, 0.2) is 22.9 Å². The molecule has 78 heavy (non-hydrogen) atoms. The van der Waals surface area contributed by atoms with Gasteiger partial charge in [0, 0.05) is 436 Å². The molecule has 0 aliphatic heterocycles. The Morgan fingerprint density at radius 1 is 0.397 bits per heavy atom. The van der Waals surface area contributed by atoms with E-state index in [-0.39, 0.29) is 26.3 Å². The van der Waals surface area contributed by atoms with Gasteiger partial charge in [-0.15, -0.1) is 0 Å². The van der Waals surface area contributed by atoms with E-state index >= 15 is 0 Å². The van der Waals surface area contributed by atoms with Crippen LogP contribution in [0.1, 0.15) is 35.8 Å². The second-order valence-corrected chi connectivity index (χ2v) is 86.1. The maximum Gasteiger partial charge on any atom is 0.358 e. The van der Waals surface area contributed by atoms with Gasteiger partial charge >= 0.3 is 11.9 Å². The molecule has 2 aromatic carbocycles. The Balaban J connectivity index is 0.00000143. The van der Waals surface area contributed by atoms with Gasteiger partial charge in [0.05, 0.1) is 21.3 Å². The predicted octanol–water partition coefficient (Wildman–Crippen LogP) is 6.09. The molecule has 0 aliphatic rings. The van der Waals surface area contributed by atoms with Crippen molar-refractivity contribution in [1.82, 2.24) is 9.97 Å². The number of hydrogen-bond donors (Lipinski definition) is 3. The van der Waals surface area contributed by atoms with Crippen molar-refractivity contribution in [3.63, 3.8) is 0 Å². The van der Waals surface area contributed by atoms with Crippen LogP contribution in [0.3, 0.4) is 0 Å². The molecule has 8 nitrogen and oxygen atoms in total. The van der Waals surface area contributed by atoms with Crippen LogP contribution in [0.4, 0.5) is 0 Å². The first-order valence-corrected chi connectivity index (χ1v) is 75.6. The van der Waals surface area contributed by atoms with Crippen LogP contribution in [0, 0.1) is 0 Å². The van der Waals surface area contributed by atoms with Gasteiger partial charge in [0.25, 0.3) is 0 Å². The molecule has 0 fully saturated rings. The number of fused-ring (bicyclic) bond motifs is 2. The van der Waals surface area contributed by atoms with Crippen molar-refractivity contribution in [2.45, 2.75) is 14.9 Å². The van der Waals surface area contributed by atoms with E-state index in [2.05, 4.69) is 19.4 Å². The first-order chi connectivity index (χ1) is 37.2. The lowest BCUT2D eigenvalue weighted by Gasteiger charge is -2.00. The monoisotopic (exact) mass is 1930 g/mol. The van der Waals surface area contributed by atoms with E-state index in [9.17, 15) is 14.7 Å². The summed E-state index contributed by atoms with van der Waals surface area (Å²) in [4.78, 5) is 28.4. The molecule has 4 rings (SSSR count). The average Bonchev–Trinajstić information content (AvgIpc) is 3.97. The molecule has 0 aliphatic carbocycles. The first-order valence-electron chi connectivity index (χ1n) is 16.2. The Labute approximate surface area is 592 Å². The number of carbonyl (C=O) groups is 2. The molecule has 0 spiro atoms. The highest BCUT2D eigenvalue weighted by Gasteiger charge is 2.19. The number of methoxy groups -OCH3 is 3. The minimum atomic E-state index is -0.611. The summed E-state index contributed by atoms with van der Waals surface area (Å²) < 4.78 is 14.4. The third-order valence-corrected chi connectivity index (χ3v) is 99.4. The Morgan fingerprint density at radius 3 is 0.885 bits per heavy atom.